The molecule has 2 aromatic rings. The van der Waals surface area contributed by atoms with E-state index in [1.807, 2.05) is 13.8 Å². The second-order valence-electron chi connectivity index (χ2n) is 9.15. The minimum Gasteiger partial charge on any atom is -0.744 e. The van der Waals surface area contributed by atoms with Gasteiger partial charge in [0.25, 0.3) is 0 Å². The van der Waals surface area contributed by atoms with Gasteiger partial charge in [0.15, 0.2) is 0 Å². The van der Waals surface area contributed by atoms with E-state index in [1.54, 1.807) is 53.1 Å². The Morgan fingerprint density at radius 2 is 0.865 bits per heavy atom. The van der Waals surface area contributed by atoms with Crippen molar-refractivity contribution in [2.45, 2.75) is 64.2 Å². The van der Waals surface area contributed by atoms with Gasteiger partial charge in [-0.3, -0.25) is 0 Å². The van der Waals surface area contributed by atoms with E-state index < -0.39 is 43.5 Å². The summed E-state index contributed by atoms with van der Waals surface area (Å²) in [6.07, 6.45) is 7.21. The van der Waals surface area contributed by atoms with Crippen LogP contribution in [0.3, 0.4) is 0 Å². The maximum Gasteiger partial charge on any atom is 0.124 e. The van der Waals surface area contributed by atoms with Crippen molar-refractivity contribution in [1.29, 1.82) is 0 Å². The predicted octanol–water partition coefficient (Wildman–Crippen LogP) is 6.12. The van der Waals surface area contributed by atoms with Crippen LogP contribution >= 0.6 is 0 Å². The van der Waals surface area contributed by atoms with Gasteiger partial charge in [0.05, 0.1) is 9.79 Å². The fraction of sp³-hybridized carbons (Fsp3) is 0.286. The summed E-state index contributed by atoms with van der Waals surface area (Å²) in [5.74, 6) is 0. The Labute approximate surface area is 233 Å². The van der Waals surface area contributed by atoms with E-state index >= 15 is 0 Å². The molecule has 2 aromatic carbocycles. The van der Waals surface area contributed by atoms with E-state index in [0.29, 0.717) is 0 Å². The Morgan fingerprint density at radius 1 is 0.568 bits per heavy atom. The van der Waals surface area contributed by atoms with Crippen LogP contribution in [0.2, 0.25) is 0 Å². The quantitative estimate of drug-likeness (QED) is 0.381. The summed E-state index contributed by atoms with van der Waals surface area (Å²) in [5.41, 5.74) is 8.27. The Kier molecular flexibility index (Phi) is 11.2. The van der Waals surface area contributed by atoms with Crippen LogP contribution in [-0.4, -0.2) is 25.9 Å². The summed E-state index contributed by atoms with van der Waals surface area (Å²) in [7, 11) is -8.54. The SMILES string of the molecule is CC1=CCC(C)=[C]1[Zr+2][C]1=C(C)CC=C1C.Cc1ccc(S(=O)(=O)[O-])cc1.Cc1ccc(S(=O)(=O)[O-])cc1. The molecule has 2 aliphatic carbocycles. The number of hydrogen-bond acceptors (Lipinski definition) is 6. The molecule has 0 atom stereocenters. The molecule has 2 aliphatic rings. The average molecular weight is 620 g/mol. The monoisotopic (exact) mass is 618 g/mol. The Bertz CT molecular complexity index is 1350. The van der Waals surface area contributed by atoms with Gasteiger partial charge in [-0.05, 0) is 38.1 Å². The molecule has 0 heterocycles. The molecule has 196 valence electrons. The number of hydrogen-bond donors (Lipinski definition) is 0. The van der Waals surface area contributed by atoms with Crippen molar-refractivity contribution in [2.75, 3.05) is 0 Å². The Hall–Kier alpha value is -1.90. The van der Waals surface area contributed by atoms with Gasteiger partial charge in [-0.1, -0.05) is 35.4 Å². The van der Waals surface area contributed by atoms with Crippen molar-refractivity contribution < 1.29 is 49.2 Å². The normalized spacial score (nSPS) is 15.2. The third-order valence-corrected chi connectivity index (χ3v) is 12.9. The van der Waals surface area contributed by atoms with Crippen LogP contribution in [0.4, 0.5) is 0 Å². The maximum absolute atomic E-state index is 10.4. The van der Waals surface area contributed by atoms with Crippen molar-refractivity contribution in [1.82, 2.24) is 0 Å². The van der Waals surface area contributed by atoms with E-state index in [2.05, 4.69) is 39.8 Å². The summed E-state index contributed by atoms with van der Waals surface area (Å²) in [6.45, 7) is 12.8. The van der Waals surface area contributed by atoms with Gasteiger partial charge < -0.3 is 9.11 Å². The number of benzene rings is 2. The number of allylic oxidation sites excluding steroid dienone is 8. The van der Waals surface area contributed by atoms with Crippen molar-refractivity contribution >= 4 is 20.2 Å². The first-order valence-corrected chi connectivity index (χ1v) is 16.9. The van der Waals surface area contributed by atoms with Crippen LogP contribution in [0.25, 0.3) is 0 Å². The molecular weight excluding hydrogens is 588 g/mol. The molecule has 0 N–H and O–H groups in total. The zero-order valence-corrected chi connectivity index (χ0v) is 26.0. The molecule has 37 heavy (non-hydrogen) atoms. The molecule has 0 fully saturated rings. The minimum atomic E-state index is -4.27. The molecule has 0 radical (unpaired) electrons. The minimum absolute atomic E-state index is 0.178. The van der Waals surface area contributed by atoms with Crippen molar-refractivity contribution in [3.05, 3.63) is 101 Å². The Morgan fingerprint density at radius 3 is 1.08 bits per heavy atom. The van der Waals surface area contributed by atoms with Crippen LogP contribution in [0.15, 0.2) is 99.3 Å². The van der Waals surface area contributed by atoms with Crippen LogP contribution in [-0.2, 0) is 43.5 Å². The second-order valence-corrected chi connectivity index (χ2v) is 15.0. The molecule has 6 nitrogen and oxygen atoms in total. The molecule has 0 saturated carbocycles. The standard InChI is InChI=1S/2C7H8O3S.2C7H9.Zr/c2*1-6-2-4-7(5-3-6)11(8,9)10;2*1-6-3-4-7(2)5-6;/h2*2-5H,1H3,(H,8,9,10);2*3H,4H2,1-2H3;/q;;;;+2/p-2. The zero-order valence-electron chi connectivity index (χ0n) is 22.0. The third-order valence-electron chi connectivity index (χ3n) is 5.94. The average Bonchev–Trinajstić information content (AvgIpc) is 3.30. The molecule has 0 aliphatic heterocycles. The first-order chi connectivity index (χ1) is 17.1. The third kappa shape index (κ3) is 9.73. The largest absolute Gasteiger partial charge is 0.744 e. The van der Waals surface area contributed by atoms with Crippen molar-refractivity contribution in [3.63, 3.8) is 0 Å². The van der Waals surface area contributed by atoms with E-state index in [1.165, 1.54) is 37.1 Å². The van der Waals surface area contributed by atoms with Gasteiger partial charge in [-0.15, -0.1) is 0 Å². The molecule has 0 unspecified atom stereocenters. The second kappa shape index (κ2) is 13.3. The van der Waals surface area contributed by atoms with Gasteiger partial charge >= 0.3 is 105 Å². The Balaban J connectivity index is 0.000000199. The molecule has 0 aromatic heterocycles. The summed E-state index contributed by atoms with van der Waals surface area (Å²) >= 11 is -0.507. The summed E-state index contributed by atoms with van der Waals surface area (Å²) in [5, 5.41) is 0. The number of rotatable bonds is 4. The van der Waals surface area contributed by atoms with Crippen LogP contribution < -0.4 is 0 Å². The van der Waals surface area contributed by atoms with Crippen molar-refractivity contribution in [2.24, 2.45) is 0 Å². The van der Waals surface area contributed by atoms with Gasteiger partial charge in [0, 0.05) is 0 Å². The fourth-order valence-corrected chi connectivity index (χ4v) is 8.21. The zero-order chi connectivity index (χ0) is 28.0. The van der Waals surface area contributed by atoms with Gasteiger partial charge in [0.1, 0.15) is 20.2 Å². The summed E-state index contributed by atoms with van der Waals surface area (Å²) in [6, 6.07) is 11.6. The molecule has 4 rings (SSSR count). The molecule has 0 spiro atoms. The first-order valence-electron chi connectivity index (χ1n) is 11.7. The van der Waals surface area contributed by atoms with Crippen LogP contribution in [0, 0.1) is 13.8 Å². The molecule has 0 amide bonds. The van der Waals surface area contributed by atoms with Crippen molar-refractivity contribution in [3.8, 4) is 0 Å². The van der Waals surface area contributed by atoms with Gasteiger partial charge in [-0.2, -0.15) is 0 Å². The maximum atomic E-state index is 10.4. The van der Waals surface area contributed by atoms with Crippen LogP contribution in [0.5, 0.6) is 0 Å². The smallest absolute Gasteiger partial charge is 0.124 e. The van der Waals surface area contributed by atoms with E-state index in [4.69, 9.17) is 0 Å². The molecule has 0 bridgehead atoms. The van der Waals surface area contributed by atoms with Gasteiger partial charge in [0.2, 0.25) is 0 Å². The summed E-state index contributed by atoms with van der Waals surface area (Å²) in [4.78, 5) is -0.355. The van der Waals surface area contributed by atoms with E-state index in [0.717, 1.165) is 11.1 Å². The fourth-order valence-electron chi connectivity index (χ4n) is 3.64. The molecule has 9 heteroatoms. The number of aryl methyl sites for hydroxylation is 2. The molecule has 0 saturated heterocycles. The van der Waals surface area contributed by atoms with E-state index in [9.17, 15) is 25.9 Å². The predicted molar refractivity (Wildman–Crippen MR) is 140 cm³/mol. The molecular formula is C28H32O6S2Zr. The van der Waals surface area contributed by atoms with Crippen LogP contribution in [0.1, 0.15) is 51.7 Å². The summed E-state index contributed by atoms with van der Waals surface area (Å²) < 4.78 is 65.8. The van der Waals surface area contributed by atoms with Gasteiger partial charge in [-0.25, -0.2) is 16.8 Å². The van der Waals surface area contributed by atoms with E-state index in [-0.39, 0.29) is 9.79 Å². The topological polar surface area (TPSA) is 114 Å². The first kappa shape index (κ1) is 31.3.